The Kier molecular flexibility index (Phi) is 5.14. The van der Waals surface area contributed by atoms with Crippen molar-refractivity contribution in [3.8, 4) is 11.3 Å². The van der Waals surface area contributed by atoms with Gasteiger partial charge in [0.05, 0.1) is 18.0 Å². The zero-order valence-electron chi connectivity index (χ0n) is 12.3. The summed E-state index contributed by atoms with van der Waals surface area (Å²) >= 11 is 0. The fraction of sp³-hybridized carbons (Fsp3) is 0.400. The molecule has 1 aromatic heterocycles. The van der Waals surface area contributed by atoms with E-state index in [1.807, 2.05) is 38.1 Å². The molecule has 2 rings (SSSR count). The van der Waals surface area contributed by atoms with Crippen LogP contribution in [-0.2, 0) is 16.6 Å². The van der Waals surface area contributed by atoms with Crippen LogP contribution in [0, 0.1) is 6.92 Å². The Morgan fingerprint density at radius 1 is 1.24 bits per heavy atom. The summed E-state index contributed by atoms with van der Waals surface area (Å²) in [6.07, 6.45) is 1.51. The highest BCUT2D eigenvalue weighted by Crippen LogP contribution is 2.20. The van der Waals surface area contributed by atoms with E-state index in [0.29, 0.717) is 17.9 Å². The molecule has 1 heterocycles. The molecule has 0 spiro atoms. The SMILES string of the molecule is CCCCS(=O)(=O)NCc1cc(-c2ccc(C)cc2)on1. The lowest BCUT2D eigenvalue weighted by atomic mass is 10.1. The first-order valence-corrected chi connectivity index (χ1v) is 8.65. The Hall–Kier alpha value is -1.66. The van der Waals surface area contributed by atoms with E-state index in [1.165, 1.54) is 5.56 Å². The lowest BCUT2D eigenvalue weighted by Gasteiger charge is -2.03. The maximum Gasteiger partial charge on any atom is 0.211 e. The molecule has 0 aliphatic carbocycles. The Morgan fingerprint density at radius 2 is 1.95 bits per heavy atom. The first-order valence-electron chi connectivity index (χ1n) is 7.00. The van der Waals surface area contributed by atoms with Gasteiger partial charge in [0.25, 0.3) is 0 Å². The van der Waals surface area contributed by atoms with Crippen molar-refractivity contribution in [3.05, 3.63) is 41.6 Å². The maximum atomic E-state index is 11.7. The molecule has 2 aromatic rings. The second kappa shape index (κ2) is 6.87. The Balaban J connectivity index is 1.99. The summed E-state index contributed by atoms with van der Waals surface area (Å²) in [6.45, 7) is 4.13. The van der Waals surface area contributed by atoms with Crippen LogP contribution in [0.25, 0.3) is 11.3 Å². The molecular weight excluding hydrogens is 288 g/mol. The van der Waals surface area contributed by atoms with Crippen LogP contribution in [0.1, 0.15) is 31.0 Å². The van der Waals surface area contributed by atoms with E-state index in [2.05, 4.69) is 9.88 Å². The zero-order chi connectivity index (χ0) is 15.3. The van der Waals surface area contributed by atoms with Crippen molar-refractivity contribution in [2.75, 3.05) is 5.75 Å². The lowest BCUT2D eigenvalue weighted by Crippen LogP contribution is -2.25. The van der Waals surface area contributed by atoms with Gasteiger partial charge in [-0.2, -0.15) is 0 Å². The van der Waals surface area contributed by atoms with Crippen molar-refractivity contribution in [1.82, 2.24) is 9.88 Å². The van der Waals surface area contributed by atoms with Gasteiger partial charge in [0.1, 0.15) is 0 Å². The molecule has 1 N–H and O–H groups in total. The summed E-state index contributed by atoms with van der Waals surface area (Å²) in [6, 6.07) is 9.64. The zero-order valence-corrected chi connectivity index (χ0v) is 13.1. The quantitative estimate of drug-likeness (QED) is 0.853. The fourth-order valence-electron chi connectivity index (χ4n) is 1.84. The maximum absolute atomic E-state index is 11.7. The molecule has 0 atom stereocenters. The molecule has 0 fully saturated rings. The molecule has 0 amide bonds. The van der Waals surface area contributed by atoms with E-state index in [4.69, 9.17) is 4.52 Å². The van der Waals surface area contributed by atoms with Crippen molar-refractivity contribution in [3.63, 3.8) is 0 Å². The molecule has 5 nitrogen and oxygen atoms in total. The largest absolute Gasteiger partial charge is 0.356 e. The first kappa shape index (κ1) is 15.7. The van der Waals surface area contributed by atoms with E-state index < -0.39 is 10.0 Å². The summed E-state index contributed by atoms with van der Waals surface area (Å²) in [5.41, 5.74) is 2.67. The van der Waals surface area contributed by atoms with Gasteiger partial charge < -0.3 is 4.52 Å². The minimum atomic E-state index is -3.23. The number of nitrogens with zero attached hydrogens (tertiary/aromatic N) is 1. The van der Waals surface area contributed by atoms with Crippen molar-refractivity contribution in [1.29, 1.82) is 0 Å². The summed E-state index contributed by atoms with van der Waals surface area (Å²) in [5.74, 6) is 0.782. The van der Waals surface area contributed by atoms with Crippen molar-refractivity contribution in [2.45, 2.75) is 33.2 Å². The molecule has 0 unspecified atom stereocenters. The van der Waals surface area contributed by atoms with Crippen LogP contribution in [0.5, 0.6) is 0 Å². The van der Waals surface area contributed by atoms with Crippen LogP contribution in [0.2, 0.25) is 0 Å². The average Bonchev–Trinajstić information content (AvgIpc) is 2.93. The van der Waals surface area contributed by atoms with Crippen molar-refractivity contribution in [2.24, 2.45) is 0 Å². The van der Waals surface area contributed by atoms with Gasteiger partial charge in [0.2, 0.25) is 10.0 Å². The van der Waals surface area contributed by atoms with Crippen LogP contribution >= 0.6 is 0 Å². The number of unbranched alkanes of at least 4 members (excludes halogenated alkanes) is 1. The van der Waals surface area contributed by atoms with Crippen LogP contribution in [0.15, 0.2) is 34.9 Å². The number of benzene rings is 1. The number of aromatic nitrogens is 1. The van der Waals surface area contributed by atoms with Crippen LogP contribution < -0.4 is 4.72 Å². The molecule has 0 bridgehead atoms. The molecular formula is C15H20N2O3S. The second-order valence-corrected chi connectivity index (χ2v) is 6.97. The van der Waals surface area contributed by atoms with E-state index >= 15 is 0 Å². The minimum Gasteiger partial charge on any atom is -0.356 e. The molecule has 0 saturated carbocycles. The summed E-state index contributed by atoms with van der Waals surface area (Å²) < 4.78 is 31.2. The van der Waals surface area contributed by atoms with Gasteiger partial charge in [0.15, 0.2) is 5.76 Å². The lowest BCUT2D eigenvalue weighted by molar-refractivity contribution is 0.422. The van der Waals surface area contributed by atoms with Crippen LogP contribution in [-0.4, -0.2) is 19.3 Å². The predicted octanol–water partition coefficient (Wildman–Crippen LogP) is 2.87. The standard InChI is InChI=1S/C15H20N2O3S/c1-3-4-9-21(18,19)16-11-14-10-15(20-17-14)13-7-5-12(2)6-8-13/h5-8,10,16H,3-4,9,11H2,1-2H3. The first-order chi connectivity index (χ1) is 10.00. The number of aryl methyl sites for hydroxylation is 1. The average molecular weight is 308 g/mol. The van der Waals surface area contributed by atoms with E-state index in [0.717, 1.165) is 12.0 Å². The van der Waals surface area contributed by atoms with Crippen LogP contribution in [0.3, 0.4) is 0 Å². The van der Waals surface area contributed by atoms with Gasteiger partial charge in [-0.15, -0.1) is 0 Å². The van der Waals surface area contributed by atoms with Gasteiger partial charge in [-0.05, 0) is 13.3 Å². The normalized spacial score (nSPS) is 11.7. The highest BCUT2D eigenvalue weighted by atomic mass is 32.2. The molecule has 0 aliphatic heterocycles. The van der Waals surface area contributed by atoms with Gasteiger partial charge >= 0.3 is 0 Å². The van der Waals surface area contributed by atoms with Gasteiger partial charge in [-0.3, -0.25) is 0 Å². The topological polar surface area (TPSA) is 72.2 Å². The molecule has 1 aromatic carbocycles. The Bertz CT molecular complexity index is 675. The van der Waals surface area contributed by atoms with E-state index in [9.17, 15) is 8.42 Å². The Labute approximate surface area is 125 Å². The summed E-state index contributed by atoms with van der Waals surface area (Å²) in [4.78, 5) is 0. The molecule has 114 valence electrons. The fourth-order valence-corrected chi connectivity index (χ4v) is 3.02. The monoisotopic (exact) mass is 308 g/mol. The summed E-state index contributed by atoms with van der Waals surface area (Å²) in [5, 5.41) is 3.90. The number of hydrogen-bond acceptors (Lipinski definition) is 4. The van der Waals surface area contributed by atoms with Gasteiger partial charge in [-0.1, -0.05) is 48.3 Å². The third-order valence-corrected chi connectivity index (χ3v) is 4.55. The summed E-state index contributed by atoms with van der Waals surface area (Å²) in [7, 11) is -3.23. The molecule has 0 radical (unpaired) electrons. The number of nitrogens with one attached hydrogen (secondary N) is 1. The number of sulfonamides is 1. The third-order valence-electron chi connectivity index (χ3n) is 3.13. The molecule has 6 heteroatoms. The second-order valence-electron chi connectivity index (χ2n) is 5.04. The predicted molar refractivity (Wildman–Crippen MR) is 82.2 cm³/mol. The molecule has 0 aliphatic rings. The minimum absolute atomic E-state index is 0.145. The highest BCUT2D eigenvalue weighted by Gasteiger charge is 2.12. The Morgan fingerprint density at radius 3 is 2.62 bits per heavy atom. The smallest absolute Gasteiger partial charge is 0.211 e. The molecule has 21 heavy (non-hydrogen) atoms. The third kappa shape index (κ3) is 4.68. The van der Waals surface area contributed by atoms with E-state index in [-0.39, 0.29) is 12.3 Å². The van der Waals surface area contributed by atoms with Gasteiger partial charge in [-0.25, -0.2) is 13.1 Å². The van der Waals surface area contributed by atoms with Crippen LogP contribution in [0.4, 0.5) is 0 Å². The number of hydrogen-bond donors (Lipinski definition) is 1. The number of rotatable bonds is 7. The van der Waals surface area contributed by atoms with Gasteiger partial charge in [0, 0.05) is 11.6 Å². The van der Waals surface area contributed by atoms with Crippen molar-refractivity contribution < 1.29 is 12.9 Å². The highest BCUT2D eigenvalue weighted by molar-refractivity contribution is 7.89. The van der Waals surface area contributed by atoms with E-state index in [1.54, 1.807) is 6.07 Å². The molecule has 0 saturated heterocycles. The van der Waals surface area contributed by atoms with Crippen molar-refractivity contribution >= 4 is 10.0 Å².